The molecular formula is C19H20N2O3. The summed E-state index contributed by atoms with van der Waals surface area (Å²) in [7, 11) is 0. The number of phenols is 1. The number of nitro benzene ring substituents is 1. The maximum absolute atomic E-state index is 11.3. The second-order valence-electron chi connectivity index (χ2n) is 6.69. The largest absolute Gasteiger partial charge is 0.507 e. The van der Waals surface area contributed by atoms with Crippen LogP contribution in [-0.4, -0.2) is 22.3 Å². The van der Waals surface area contributed by atoms with Crippen molar-refractivity contribution in [3.8, 4) is 5.75 Å². The van der Waals surface area contributed by atoms with Crippen LogP contribution in [0.25, 0.3) is 0 Å². The Balaban J connectivity index is 2.13. The third kappa shape index (κ3) is 3.15. The quantitative estimate of drug-likeness (QED) is 0.508. The molecule has 2 aromatic rings. The molecule has 1 N–H and O–H groups in total. The molecule has 124 valence electrons. The van der Waals surface area contributed by atoms with E-state index >= 15 is 0 Å². The molecule has 1 aliphatic rings. The molecule has 0 aliphatic heterocycles. The van der Waals surface area contributed by atoms with E-state index in [1.807, 2.05) is 44.2 Å². The van der Waals surface area contributed by atoms with Gasteiger partial charge in [-0.25, -0.2) is 0 Å². The van der Waals surface area contributed by atoms with E-state index in [0.717, 1.165) is 18.4 Å². The highest BCUT2D eigenvalue weighted by Crippen LogP contribution is 2.40. The second kappa shape index (κ2) is 6.07. The number of nitro groups is 1. The average molecular weight is 324 g/mol. The minimum atomic E-state index is -0.570. The molecule has 0 aromatic heterocycles. The number of aromatic hydroxyl groups is 1. The minimum Gasteiger partial charge on any atom is -0.507 e. The summed E-state index contributed by atoms with van der Waals surface area (Å²) in [5.74, 6) is 0.0545. The molecule has 24 heavy (non-hydrogen) atoms. The van der Waals surface area contributed by atoms with Crippen LogP contribution in [0.5, 0.6) is 5.75 Å². The fourth-order valence-corrected chi connectivity index (χ4v) is 2.74. The molecule has 0 spiro atoms. The predicted octanol–water partition coefficient (Wildman–Crippen LogP) is 4.21. The molecule has 1 fully saturated rings. The Bertz CT molecular complexity index is 794. The Kier molecular flexibility index (Phi) is 4.09. The summed E-state index contributed by atoms with van der Waals surface area (Å²) in [6.07, 6.45) is 3.63. The average Bonchev–Trinajstić information content (AvgIpc) is 3.38. The first-order chi connectivity index (χ1) is 11.4. The smallest absolute Gasteiger partial charge is 0.270 e. The van der Waals surface area contributed by atoms with Crippen molar-refractivity contribution in [3.63, 3.8) is 0 Å². The highest BCUT2D eigenvalue weighted by Gasteiger charge is 2.30. The third-order valence-electron chi connectivity index (χ3n) is 4.48. The maximum atomic E-state index is 11.3. The summed E-state index contributed by atoms with van der Waals surface area (Å²) >= 11 is 0. The van der Waals surface area contributed by atoms with E-state index in [1.54, 1.807) is 6.21 Å². The van der Waals surface area contributed by atoms with Crippen LogP contribution in [0.15, 0.2) is 47.5 Å². The molecule has 2 aromatic carbocycles. The third-order valence-corrected chi connectivity index (χ3v) is 4.48. The SMILES string of the molecule is CC(C)(c1ccccc1)c1cc([N+](=O)[O-])cc(C=NC2CC2)c1O. The summed E-state index contributed by atoms with van der Waals surface area (Å²) in [4.78, 5) is 15.2. The van der Waals surface area contributed by atoms with Crippen LogP contribution < -0.4 is 0 Å². The van der Waals surface area contributed by atoms with Gasteiger partial charge in [-0.3, -0.25) is 15.1 Å². The molecular weight excluding hydrogens is 304 g/mol. The van der Waals surface area contributed by atoms with Crippen LogP contribution in [0.1, 0.15) is 43.4 Å². The van der Waals surface area contributed by atoms with Gasteiger partial charge in [0.25, 0.3) is 5.69 Å². The molecule has 5 heteroatoms. The van der Waals surface area contributed by atoms with Gasteiger partial charge in [-0.1, -0.05) is 44.2 Å². The van der Waals surface area contributed by atoms with Gasteiger partial charge >= 0.3 is 0 Å². The summed E-state index contributed by atoms with van der Waals surface area (Å²) < 4.78 is 0. The van der Waals surface area contributed by atoms with Crippen LogP contribution in [-0.2, 0) is 5.41 Å². The van der Waals surface area contributed by atoms with E-state index in [0.29, 0.717) is 11.1 Å². The van der Waals surface area contributed by atoms with Gasteiger partial charge in [-0.2, -0.15) is 0 Å². The van der Waals surface area contributed by atoms with Crippen molar-refractivity contribution in [1.29, 1.82) is 0 Å². The Hall–Kier alpha value is -2.69. The van der Waals surface area contributed by atoms with Crippen molar-refractivity contribution in [1.82, 2.24) is 0 Å². The highest BCUT2D eigenvalue weighted by molar-refractivity contribution is 5.86. The number of non-ortho nitro benzene ring substituents is 1. The lowest BCUT2D eigenvalue weighted by Crippen LogP contribution is -2.19. The van der Waals surface area contributed by atoms with E-state index in [-0.39, 0.29) is 17.5 Å². The van der Waals surface area contributed by atoms with E-state index in [4.69, 9.17) is 0 Å². The predicted molar refractivity (Wildman–Crippen MR) is 93.9 cm³/mol. The summed E-state index contributed by atoms with van der Waals surface area (Å²) in [5, 5.41) is 22.0. The van der Waals surface area contributed by atoms with Gasteiger partial charge in [0.15, 0.2) is 0 Å². The van der Waals surface area contributed by atoms with E-state index in [2.05, 4.69) is 4.99 Å². The number of hydrogen-bond donors (Lipinski definition) is 1. The fraction of sp³-hybridized carbons (Fsp3) is 0.316. The number of hydrogen-bond acceptors (Lipinski definition) is 4. The first-order valence-corrected chi connectivity index (χ1v) is 8.00. The van der Waals surface area contributed by atoms with Gasteiger partial charge in [-0.05, 0) is 18.4 Å². The van der Waals surface area contributed by atoms with Crippen LogP contribution in [0.4, 0.5) is 5.69 Å². The van der Waals surface area contributed by atoms with E-state index in [1.165, 1.54) is 12.1 Å². The minimum absolute atomic E-state index is 0.0379. The van der Waals surface area contributed by atoms with Gasteiger partial charge in [0, 0.05) is 34.9 Å². The van der Waals surface area contributed by atoms with Gasteiger partial charge in [0.05, 0.1) is 11.0 Å². The molecule has 1 aliphatic carbocycles. The molecule has 0 atom stereocenters. The Morgan fingerprint density at radius 2 is 1.92 bits per heavy atom. The molecule has 3 rings (SSSR count). The summed E-state index contributed by atoms with van der Waals surface area (Å²) in [5.41, 5.74) is 1.30. The topological polar surface area (TPSA) is 75.7 Å². The lowest BCUT2D eigenvalue weighted by atomic mass is 9.77. The summed E-state index contributed by atoms with van der Waals surface area (Å²) in [6.45, 7) is 3.89. The summed E-state index contributed by atoms with van der Waals surface area (Å²) in [6, 6.07) is 12.8. The van der Waals surface area contributed by atoms with Crippen LogP contribution in [0.3, 0.4) is 0 Å². The second-order valence-corrected chi connectivity index (χ2v) is 6.69. The van der Waals surface area contributed by atoms with Crippen molar-refractivity contribution >= 4 is 11.9 Å². The Labute approximate surface area is 140 Å². The molecule has 0 saturated heterocycles. The van der Waals surface area contributed by atoms with Crippen LogP contribution in [0, 0.1) is 10.1 Å². The first-order valence-electron chi connectivity index (χ1n) is 8.00. The van der Waals surface area contributed by atoms with Crippen molar-refractivity contribution in [3.05, 3.63) is 69.3 Å². The number of rotatable bonds is 5. The zero-order valence-electron chi connectivity index (χ0n) is 13.8. The molecule has 0 bridgehead atoms. The van der Waals surface area contributed by atoms with E-state index in [9.17, 15) is 15.2 Å². The molecule has 1 saturated carbocycles. The highest BCUT2D eigenvalue weighted by atomic mass is 16.6. The molecule has 0 radical (unpaired) electrons. The normalized spacial score (nSPS) is 14.9. The Morgan fingerprint density at radius 3 is 2.50 bits per heavy atom. The van der Waals surface area contributed by atoms with Crippen LogP contribution in [0.2, 0.25) is 0 Å². The number of nitrogens with zero attached hydrogens (tertiary/aromatic N) is 2. The molecule has 0 amide bonds. The standard InChI is InChI=1S/C19H20N2O3/c1-19(2,14-6-4-3-5-7-14)17-11-16(21(23)24)10-13(18(17)22)12-20-15-8-9-15/h3-7,10-12,15,22H,8-9H2,1-2H3. The number of phenolic OH excluding ortho intramolecular Hbond substituents is 1. The maximum Gasteiger partial charge on any atom is 0.270 e. The fourth-order valence-electron chi connectivity index (χ4n) is 2.74. The van der Waals surface area contributed by atoms with Crippen molar-refractivity contribution < 1.29 is 10.0 Å². The monoisotopic (exact) mass is 324 g/mol. The van der Waals surface area contributed by atoms with Crippen molar-refractivity contribution in [2.75, 3.05) is 0 Å². The lowest BCUT2D eigenvalue weighted by Gasteiger charge is -2.27. The number of benzene rings is 2. The molecule has 0 heterocycles. The van der Waals surface area contributed by atoms with Crippen molar-refractivity contribution in [2.24, 2.45) is 4.99 Å². The molecule has 5 nitrogen and oxygen atoms in total. The van der Waals surface area contributed by atoms with E-state index < -0.39 is 10.3 Å². The lowest BCUT2D eigenvalue weighted by molar-refractivity contribution is -0.385. The van der Waals surface area contributed by atoms with Gasteiger partial charge in [0.2, 0.25) is 0 Å². The Morgan fingerprint density at radius 1 is 1.25 bits per heavy atom. The zero-order chi connectivity index (χ0) is 17.3. The van der Waals surface area contributed by atoms with Gasteiger partial charge in [0.1, 0.15) is 5.75 Å². The van der Waals surface area contributed by atoms with Crippen molar-refractivity contribution in [2.45, 2.75) is 38.1 Å². The first kappa shape index (κ1) is 16.2. The van der Waals surface area contributed by atoms with Gasteiger partial charge < -0.3 is 5.11 Å². The molecule has 0 unspecified atom stereocenters. The van der Waals surface area contributed by atoms with Crippen LogP contribution >= 0.6 is 0 Å². The number of aliphatic imine (C=N–C) groups is 1. The zero-order valence-corrected chi connectivity index (χ0v) is 13.8. The van der Waals surface area contributed by atoms with Gasteiger partial charge in [-0.15, -0.1) is 0 Å².